The third-order valence-electron chi connectivity index (χ3n) is 2.46. The van der Waals surface area contributed by atoms with Crippen LogP contribution in [0.25, 0.3) is 0 Å². The molecule has 0 fully saturated rings. The number of rotatable bonds is 3. The van der Waals surface area contributed by atoms with Crippen molar-refractivity contribution in [2.45, 2.75) is 13.3 Å². The van der Waals surface area contributed by atoms with E-state index in [1.807, 2.05) is 0 Å². The number of nitrogens with one attached hydrogen (secondary N) is 1. The summed E-state index contributed by atoms with van der Waals surface area (Å²) in [5.74, 6) is -2.57. The molecule has 2 aromatic rings. The summed E-state index contributed by atoms with van der Waals surface area (Å²) in [5, 5.41) is 2.57. The molecule has 1 aromatic heterocycles. The quantitative estimate of drug-likeness (QED) is 0.886. The molecule has 104 valence electrons. The zero-order valence-electron chi connectivity index (χ0n) is 10.5. The Hall–Kier alpha value is -2.08. The van der Waals surface area contributed by atoms with E-state index in [1.165, 1.54) is 18.2 Å². The molecule has 0 atom stereocenters. The molecule has 0 aliphatic rings. The second kappa shape index (κ2) is 5.92. The van der Waals surface area contributed by atoms with Gasteiger partial charge in [0.1, 0.15) is 5.15 Å². The summed E-state index contributed by atoms with van der Waals surface area (Å²) < 4.78 is 26.4. The first-order chi connectivity index (χ1) is 9.45. The molecule has 1 aromatic carbocycles. The zero-order valence-corrected chi connectivity index (χ0v) is 11.2. The second-order valence-electron chi connectivity index (χ2n) is 4.09. The van der Waals surface area contributed by atoms with Gasteiger partial charge < -0.3 is 0 Å². The van der Waals surface area contributed by atoms with Crippen molar-refractivity contribution < 1.29 is 13.6 Å². The largest absolute Gasteiger partial charge is 0.294 e. The summed E-state index contributed by atoms with van der Waals surface area (Å²) >= 11 is 5.73. The Labute approximate surface area is 118 Å². The van der Waals surface area contributed by atoms with Gasteiger partial charge in [0, 0.05) is 11.3 Å². The van der Waals surface area contributed by atoms with E-state index in [1.54, 1.807) is 6.92 Å². The fraction of sp³-hybridized carbons (Fsp3) is 0.154. The number of hydrogen-bond acceptors (Lipinski definition) is 3. The van der Waals surface area contributed by atoms with E-state index in [2.05, 4.69) is 15.3 Å². The van der Waals surface area contributed by atoms with E-state index < -0.39 is 17.5 Å². The van der Waals surface area contributed by atoms with E-state index in [-0.39, 0.29) is 23.1 Å². The molecule has 4 nitrogen and oxygen atoms in total. The number of halogens is 3. The molecule has 0 aliphatic heterocycles. The lowest BCUT2D eigenvalue weighted by molar-refractivity contribution is -0.115. The average Bonchev–Trinajstić information content (AvgIpc) is 2.33. The summed E-state index contributed by atoms with van der Waals surface area (Å²) in [7, 11) is 0. The van der Waals surface area contributed by atoms with Crippen LogP contribution in [0.4, 0.5) is 14.7 Å². The summed E-state index contributed by atoms with van der Waals surface area (Å²) in [6.45, 7) is 1.69. The minimum Gasteiger partial charge on any atom is -0.294 e. The van der Waals surface area contributed by atoms with E-state index in [9.17, 15) is 13.6 Å². The van der Waals surface area contributed by atoms with Gasteiger partial charge in [-0.1, -0.05) is 23.7 Å². The predicted molar refractivity (Wildman–Crippen MR) is 70.5 cm³/mol. The Kier molecular flexibility index (Phi) is 4.24. The van der Waals surface area contributed by atoms with Crippen LogP contribution in [0.5, 0.6) is 0 Å². The number of carbonyl (C=O) groups is 1. The molecule has 7 heteroatoms. The second-order valence-corrected chi connectivity index (χ2v) is 4.48. The minimum absolute atomic E-state index is 0.0248. The van der Waals surface area contributed by atoms with Gasteiger partial charge in [-0.05, 0) is 19.1 Å². The van der Waals surface area contributed by atoms with Crippen LogP contribution in [-0.2, 0) is 11.2 Å². The molecule has 0 unspecified atom stereocenters. The molecular weight excluding hydrogens is 288 g/mol. The SMILES string of the molecule is Cc1cc(Cl)nc(NC(=O)Cc2cccc(F)c2F)n1. The number of amides is 1. The number of hydrogen-bond donors (Lipinski definition) is 1. The van der Waals surface area contributed by atoms with Crippen molar-refractivity contribution in [1.29, 1.82) is 0 Å². The number of anilines is 1. The molecule has 2 rings (SSSR count). The van der Waals surface area contributed by atoms with Crippen molar-refractivity contribution in [3.63, 3.8) is 0 Å². The van der Waals surface area contributed by atoms with Gasteiger partial charge in [0.15, 0.2) is 11.6 Å². The first-order valence-corrected chi connectivity index (χ1v) is 6.07. The van der Waals surface area contributed by atoms with E-state index in [4.69, 9.17) is 11.6 Å². The van der Waals surface area contributed by atoms with Gasteiger partial charge >= 0.3 is 0 Å². The Morgan fingerprint density at radius 2 is 2.10 bits per heavy atom. The first-order valence-electron chi connectivity index (χ1n) is 5.69. The highest BCUT2D eigenvalue weighted by atomic mass is 35.5. The summed E-state index contributed by atoms with van der Waals surface area (Å²) in [4.78, 5) is 19.5. The number of carbonyl (C=O) groups excluding carboxylic acids is 1. The fourth-order valence-corrected chi connectivity index (χ4v) is 1.85. The van der Waals surface area contributed by atoms with Crippen LogP contribution in [0, 0.1) is 18.6 Å². The maximum Gasteiger partial charge on any atom is 0.231 e. The minimum atomic E-state index is -1.04. The first kappa shape index (κ1) is 14.3. The highest BCUT2D eigenvalue weighted by molar-refractivity contribution is 6.29. The average molecular weight is 298 g/mol. The van der Waals surface area contributed by atoms with E-state index in [0.717, 1.165) is 6.07 Å². The van der Waals surface area contributed by atoms with Crippen molar-refractivity contribution in [2.24, 2.45) is 0 Å². The van der Waals surface area contributed by atoms with Crippen molar-refractivity contribution in [2.75, 3.05) is 5.32 Å². The number of benzene rings is 1. The Morgan fingerprint density at radius 3 is 2.80 bits per heavy atom. The molecule has 1 heterocycles. The van der Waals surface area contributed by atoms with Crippen molar-refractivity contribution >= 4 is 23.5 Å². The van der Waals surface area contributed by atoms with Crippen molar-refractivity contribution in [3.05, 3.63) is 52.3 Å². The molecule has 0 aliphatic carbocycles. The highest BCUT2D eigenvalue weighted by Crippen LogP contribution is 2.13. The number of aryl methyl sites for hydroxylation is 1. The van der Waals surface area contributed by atoms with Crippen molar-refractivity contribution in [3.8, 4) is 0 Å². The van der Waals surface area contributed by atoms with Crippen LogP contribution in [0.2, 0.25) is 5.15 Å². The Morgan fingerprint density at radius 1 is 1.35 bits per heavy atom. The van der Waals surface area contributed by atoms with Crippen LogP contribution in [0.1, 0.15) is 11.3 Å². The molecule has 0 bridgehead atoms. The molecule has 1 amide bonds. The third kappa shape index (κ3) is 3.48. The van der Waals surface area contributed by atoms with Crippen LogP contribution in [-0.4, -0.2) is 15.9 Å². The molecular formula is C13H10ClF2N3O. The van der Waals surface area contributed by atoms with Gasteiger partial charge in [-0.25, -0.2) is 18.7 Å². The number of nitrogens with zero attached hydrogens (tertiary/aromatic N) is 2. The van der Waals surface area contributed by atoms with Gasteiger partial charge in [-0.2, -0.15) is 0 Å². The molecule has 0 radical (unpaired) electrons. The molecule has 0 saturated carbocycles. The summed E-state index contributed by atoms with van der Waals surface area (Å²) in [6.07, 6.45) is -0.321. The van der Waals surface area contributed by atoms with Gasteiger partial charge in [0.25, 0.3) is 0 Å². The monoisotopic (exact) mass is 297 g/mol. The van der Waals surface area contributed by atoms with Crippen LogP contribution in [0.15, 0.2) is 24.3 Å². The predicted octanol–water partition coefficient (Wildman–Crippen LogP) is 2.90. The van der Waals surface area contributed by atoms with Gasteiger partial charge in [-0.15, -0.1) is 0 Å². The Balaban J connectivity index is 2.11. The van der Waals surface area contributed by atoms with Crippen LogP contribution in [0.3, 0.4) is 0 Å². The molecule has 0 saturated heterocycles. The molecule has 0 spiro atoms. The third-order valence-corrected chi connectivity index (χ3v) is 2.65. The number of aromatic nitrogens is 2. The van der Waals surface area contributed by atoms with E-state index in [0.29, 0.717) is 5.69 Å². The Bertz CT molecular complexity index is 644. The van der Waals surface area contributed by atoms with Gasteiger partial charge in [0.2, 0.25) is 11.9 Å². The summed E-state index contributed by atoms with van der Waals surface area (Å²) in [6, 6.07) is 5.19. The topological polar surface area (TPSA) is 54.9 Å². The van der Waals surface area contributed by atoms with Gasteiger partial charge in [-0.3, -0.25) is 10.1 Å². The standard InChI is InChI=1S/C13H10ClF2N3O/c1-7-5-10(14)18-13(17-7)19-11(20)6-8-3-2-4-9(15)12(8)16/h2-5H,6H2,1H3,(H,17,18,19,20). The van der Waals surface area contributed by atoms with Crippen LogP contribution >= 0.6 is 11.6 Å². The maximum atomic E-state index is 13.4. The van der Waals surface area contributed by atoms with Crippen LogP contribution < -0.4 is 5.32 Å². The van der Waals surface area contributed by atoms with Gasteiger partial charge in [0.05, 0.1) is 6.42 Å². The maximum absolute atomic E-state index is 13.4. The van der Waals surface area contributed by atoms with Crippen molar-refractivity contribution in [1.82, 2.24) is 9.97 Å². The van der Waals surface area contributed by atoms with E-state index >= 15 is 0 Å². The smallest absolute Gasteiger partial charge is 0.231 e. The molecule has 20 heavy (non-hydrogen) atoms. The zero-order chi connectivity index (χ0) is 14.7. The lowest BCUT2D eigenvalue weighted by Crippen LogP contribution is -2.17. The fourth-order valence-electron chi connectivity index (χ4n) is 1.61. The summed E-state index contributed by atoms with van der Waals surface area (Å²) in [5.41, 5.74) is 0.540. The lowest BCUT2D eigenvalue weighted by atomic mass is 10.1. The molecule has 1 N–H and O–H groups in total. The normalized spacial score (nSPS) is 10.4. The highest BCUT2D eigenvalue weighted by Gasteiger charge is 2.13. The lowest BCUT2D eigenvalue weighted by Gasteiger charge is -2.06.